The summed E-state index contributed by atoms with van der Waals surface area (Å²) in [6.07, 6.45) is 0. The van der Waals surface area contributed by atoms with Crippen LogP contribution in [0.3, 0.4) is 0 Å². The average molecular weight is 294 g/mol. The van der Waals surface area contributed by atoms with Crippen molar-refractivity contribution in [3.63, 3.8) is 0 Å². The summed E-state index contributed by atoms with van der Waals surface area (Å²) in [5.74, 6) is 0.515. The lowest BCUT2D eigenvalue weighted by atomic mass is 9.89. The number of aromatic nitrogens is 1. The molecule has 0 fully saturated rings. The van der Waals surface area contributed by atoms with Gasteiger partial charge in [0.2, 0.25) is 0 Å². The van der Waals surface area contributed by atoms with Gasteiger partial charge in [-0.05, 0) is 39.5 Å². The topological polar surface area (TPSA) is 33.1 Å². The molecule has 1 aromatic carbocycles. The number of fused-ring (bicyclic) bond motifs is 1. The number of hydrogen-bond acceptors (Lipinski definition) is 2. The van der Waals surface area contributed by atoms with Gasteiger partial charge < -0.3 is 5.11 Å². The zero-order valence-electron chi connectivity index (χ0n) is 10.0. The fourth-order valence-corrected chi connectivity index (χ4v) is 2.64. The van der Waals surface area contributed by atoms with Crippen LogP contribution in [-0.4, -0.2) is 16.7 Å². The second-order valence-electron chi connectivity index (χ2n) is 4.59. The Hall–Kier alpha value is -0.930. The summed E-state index contributed by atoms with van der Waals surface area (Å²) < 4.78 is 0.837. The fourth-order valence-electron chi connectivity index (χ4n) is 2.04. The molecule has 1 N–H and O–H groups in total. The molecular weight excluding hydrogens is 278 g/mol. The summed E-state index contributed by atoms with van der Waals surface area (Å²) in [5.41, 5.74) is 2.06. The first-order chi connectivity index (χ1) is 8.13. The monoisotopic (exact) mass is 293 g/mol. The molecule has 0 bridgehead atoms. The van der Waals surface area contributed by atoms with Gasteiger partial charge in [-0.25, -0.2) is 4.98 Å². The lowest BCUT2D eigenvalue weighted by Gasteiger charge is -2.20. The first-order valence-corrected chi connectivity index (χ1v) is 6.59. The molecule has 0 saturated heterocycles. The normalized spacial score (nSPS) is 13.2. The van der Waals surface area contributed by atoms with E-state index in [0.717, 1.165) is 21.1 Å². The molecule has 0 aliphatic heterocycles. The highest BCUT2D eigenvalue weighted by Gasteiger charge is 2.18. The Morgan fingerprint density at radius 3 is 2.65 bits per heavy atom. The maximum atomic E-state index is 9.50. The number of halogens is 1. The van der Waals surface area contributed by atoms with Gasteiger partial charge in [-0.2, -0.15) is 0 Å². The van der Waals surface area contributed by atoms with Gasteiger partial charge in [-0.1, -0.05) is 32.0 Å². The van der Waals surface area contributed by atoms with Gasteiger partial charge in [-0.15, -0.1) is 0 Å². The Morgan fingerprint density at radius 1 is 1.29 bits per heavy atom. The Bertz CT molecular complexity index is 525. The molecular formula is C14H16BrNO. The summed E-state index contributed by atoms with van der Waals surface area (Å²) in [6.45, 7) is 4.38. The van der Waals surface area contributed by atoms with E-state index in [1.54, 1.807) is 0 Å². The highest BCUT2D eigenvalue weighted by atomic mass is 79.9. The number of para-hydroxylation sites is 1. The van der Waals surface area contributed by atoms with Crippen molar-refractivity contribution in [2.24, 2.45) is 5.92 Å². The quantitative estimate of drug-likeness (QED) is 0.875. The highest BCUT2D eigenvalue weighted by molar-refractivity contribution is 9.10. The van der Waals surface area contributed by atoms with E-state index in [1.165, 1.54) is 0 Å². The van der Waals surface area contributed by atoms with Gasteiger partial charge in [0.25, 0.3) is 0 Å². The average Bonchev–Trinajstić information content (AvgIpc) is 2.30. The third kappa shape index (κ3) is 2.50. The molecule has 1 unspecified atom stereocenters. The number of nitrogens with zero attached hydrogens (tertiary/aromatic N) is 1. The molecule has 0 aliphatic rings. The predicted octanol–water partition coefficient (Wildman–Crippen LogP) is 3.73. The molecule has 17 heavy (non-hydrogen) atoms. The van der Waals surface area contributed by atoms with Crippen molar-refractivity contribution in [1.82, 2.24) is 4.98 Å². The van der Waals surface area contributed by atoms with Crippen LogP contribution >= 0.6 is 15.9 Å². The second-order valence-corrected chi connectivity index (χ2v) is 5.35. The van der Waals surface area contributed by atoms with E-state index >= 15 is 0 Å². The van der Waals surface area contributed by atoms with E-state index in [9.17, 15) is 5.11 Å². The van der Waals surface area contributed by atoms with Crippen LogP contribution in [0.15, 0.2) is 34.9 Å². The van der Waals surface area contributed by atoms with Crippen LogP contribution in [-0.2, 0) is 0 Å². The van der Waals surface area contributed by atoms with Crippen molar-refractivity contribution in [2.75, 3.05) is 6.61 Å². The number of aliphatic hydroxyl groups is 1. The summed E-state index contributed by atoms with van der Waals surface area (Å²) in [6, 6.07) is 10.1. The molecule has 0 spiro atoms. The molecule has 90 valence electrons. The Morgan fingerprint density at radius 2 is 2.00 bits per heavy atom. The molecule has 0 saturated carbocycles. The first-order valence-electron chi connectivity index (χ1n) is 5.79. The number of pyridine rings is 1. The van der Waals surface area contributed by atoms with Crippen LogP contribution in [0.5, 0.6) is 0 Å². The molecule has 3 heteroatoms. The van der Waals surface area contributed by atoms with Crippen molar-refractivity contribution in [2.45, 2.75) is 19.8 Å². The third-order valence-corrected chi connectivity index (χ3v) is 3.74. The fraction of sp³-hybridized carbons (Fsp3) is 0.357. The van der Waals surface area contributed by atoms with Crippen molar-refractivity contribution in [3.8, 4) is 0 Å². The van der Waals surface area contributed by atoms with E-state index < -0.39 is 0 Å². The Labute approximate surface area is 110 Å². The SMILES string of the molecule is CC(C)C(CO)c1cc2ccccc2nc1Br. The lowest BCUT2D eigenvalue weighted by Crippen LogP contribution is -2.12. The summed E-state index contributed by atoms with van der Waals surface area (Å²) >= 11 is 3.50. The zero-order chi connectivity index (χ0) is 12.4. The molecule has 1 heterocycles. The molecule has 2 rings (SSSR count). The van der Waals surface area contributed by atoms with E-state index in [4.69, 9.17) is 0 Å². The van der Waals surface area contributed by atoms with Gasteiger partial charge in [0, 0.05) is 11.3 Å². The van der Waals surface area contributed by atoms with Crippen LogP contribution in [0, 0.1) is 5.92 Å². The molecule has 0 aliphatic carbocycles. The molecule has 0 radical (unpaired) electrons. The summed E-state index contributed by atoms with van der Waals surface area (Å²) in [5, 5.41) is 10.6. The summed E-state index contributed by atoms with van der Waals surface area (Å²) in [7, 11) is 0. The molecule has 1 aromatic heterocycles. The van der Waals surface area contributed by atoms with Crippen molar-refractivity contribution in [3.05, 3.63) is 40.5 Å². The highest BCUT2D eigenvalue weighted by Crippen LogP contribution is 2.31. The second kappa shape index (κ2) is 5.15. The van der Waals surface area contributed by atoms with Gasteiger partial charge in [0.1, 0.15) is 4.60 Å². The largest absolute Gasteiger partial charge is 0.396 e. The predicted molar refractivity (Wildman–Crippen MR) is 74.1 cm³/mol. The van der Waals surface area contributed by atoms with E-state index in [2.05, 4.69) is 40.8 Å². The van der Waals surface area contributed by atoms with Crippen LogP contribution in [0.1, 0.15) is 25.3 Å². The lowest BCUT2D eigenvalue weighted by molar-refractivity contribution is 0.237. The summed E-state index contributed by atoms with van der Waals surface area (Å²) in [4.78, 5) is 4.53. The number of benzene rings is 1. The van der Waals surface area contributed by atoms with Gasteiger partial charge >= 0.3 is 0 Å². The molecule has 2 aromatic rings. The number of rotatable bonds is 3. The van der Waals surface area contributed by atoms with Crippen LogP contribution in [0.25, 0.3) is 10.9 Å². The van der Waals surface area contributed by atoms with Crippen molar-refractivity contribution < 1.29 is 5.11 Å². The van der Waals surface area contributed by atoms with E-state index in [-0.39, 0.29) is 12.5 Å². The van der Waals surface area contributed by atoms with Crippen LogP contribution < -0.4 is 0 Å². The van der Waals surface area contributed by atoms with E-state index in [1.807, 2.05) is 24.3 Å². The van der Waals surface area contributed by atoms with Crippen molar-refractivity contribution >= 4 is 26.8 Å². The van der Waals surface area contributed by atoms with Crippen LogP contribution in [0.2, 0.25) is 0 Å². The minimum atomic E-state index is 0.126. The van der Waals surface area contributed by atoms with Crippen LogP contribution in [0.4, 0.5) is 0 Å². The van der Waals surface area contributed by atoms with Crippen molar-refractivity contribution in [1.29, 1.82) is 0 Å². The minimum absolute atomic E-state index is 0.126. The number of hydrogen-bond donors (Lipinski definition) is 1. The maximum Gasteiger partial charge on any atom is 0.110 e. The Balaban J connectivity index is 2.57. The van der Waals surface area contributed by atoms with E-state index in [0.29, 0.717) is 5.92 Å². The maximum absolute atomic E-state index is 9.50. The zero-order valence-corrected chi connectivity index (χ0v) is 11.6. The smallest absolute Gasteiger partial charge is 0.110 e. The Kier molecular flexibility index (Phi) is 3.79. The number of aliphatic hydroxyl groups excluding tert-OH is 1. The standard InChI is InChI=1S/C14H16BrNO/c1-9(2)12(8-17)11-7-10-5-3-4-6-13(10)16-14(11)15/h3-7,9,12,17H,8H2,1-2H3. The molecule has 0 amide bonds. The minimum Gasteiger partial charge on any atom is -0.396 e. The van der Waals surface area contributed by atoms with Gasteiger partial charge in [0.15, 0.2) is 0 Å². The van der Waals surface area contributed by atoms with Gasteiger partial charge in [-0.3, -0.25) is 0 Å². The third-order valence-electron chi connectivity index (χ3n) is 3.11. The molecule has 1 atom stereocenters. The molecule has 2 nitrogen and oxygen atoms in total. The van der Waals surface area contributed by atoms with Gasteiger partial charge in [0.05, 0.1) is 12.1 Å². The first kappa shape index (κ1) is 12.5.